The summed E-state index contributed by atoms with van der Waals surface area (Å²) in [5.41, 5.74) is 1.04. The Morgan fingerprint density at radius 1 is 1.25 bits per heavy atom. The van der Waals surface area contributed by atoms with E-state index >= 15 is 0 Å². The van der Waals surface area contributed by atoms with E-state index in [0.29, 0.717) is 27.2 Å². The Morgan fingerprint density at radius 2 is 2.00 bits per heavy atom. The lowest BCUT2D eigenvalue weighted by Gasteiger charge is -2.16. The third kappa shape index (κ3) is 3.89. The highest BCUT2D eigenvalue weighted by atomic mass is 35.5. The quantitative estimate of drug-likeness (QED) is 0.527. The zero-order chi connectivity index (χ0) is 20.5. The van der Waals surface area contributed by atoms with Gasteiger partial charge >= 0.3 is 12.1 Å². The number of alkyl halides is 3. The maximum absolute atomic E-state index is 13.0. The normalized spacial score (nSPS) is 11.5. The van der Waals surface area contributed by atoms with Crippen LogP contribution in [0.4, 0.5) is 24.5 Å². The molecular formula is C20H16ClF3N2O2. The van der Waals surface area contributed by atoms with E-state index < -0.39 is 17.7 Å². The molecule has 0 aliphatic heterocycles. The van der Waals surface area contributed by atoms with E-state index in [-0.39, 0.29) is 17.9 Å². The molecule has 0 bridgehead atoms. The highest BCUT2D eigenvalue weighted by Gasteiger charge is 2.30. The van der Waals surface area contributed by atoms with Crippen LogP contribution in [-0.4, -0.2) is 17.6 Å². The van der Waals surface area contributed by atoms with Gasteiger partial charge in [0.1, 0.15) is 5.56 Å². The zero-order valence-corrected chi connectivity index (χ0v) is 15.8. The van der Waals surface area contributed by atoms with Crippen LogP contribution in [0.25, 0.3) is 10.9 Å². The van der Waals surface area contributed by atoms with Crippen molar-refractivity contribution in [2.75, 3.05) is 11.9 Å². The monoisotopic (exact) mass is 408 g/mol. The van der Waals surface area contributed by atoms with Crippen molar-refractivity contribution >= 4 is 39.8 Å². The Bertz CT molecular complexity index is 1050. The lowest BCUT2D eigenvalue weighted by Crippen LogP contribution is -2.10. The van der Waals surface area contributed by atoms with E-state index in [4.69, 9.17) is 16.3 Å². The maximum atomic E-state index is 13.0. The second-order valence-corrected chi connectivity index (χ2v) is 6.45. The predicted octanol–water partition coefficient (Wildman–Crippen LogP) is 6.14. The molecular weight excluding hydrogens is 393 g/mol. The fourth-order valence-corrected chi connectivity index (χ4v) is 2.95. The first kappa shape index (κ1) is 19.9. The van der Waals surface area contributed by atoms with Crippen LogP contribution in [0, 0.1) is 6.92 Å². The standard InChI is InChI=1S/C20H16ClF3N2O2/c1-3-28-19(27)15-10-25-17-11(2)16(21)8-7-14(17)18(15)26-13-6-4-5-12(9-13)20(22,23)24/h4-10H,3H2,1-2H3,(H,25,26). The van der Waals surface area contributed by atoms with Gasteiger partial charge in [-0.25, -0.2) is 4.79 Å². The second kappa shape index (κ2) is 7.67. The molecule has 0 fully saturated rings. The Hall–Kier alpha value is -2.80. The molecule has 146 valence electrons. The van der Waals surface area contributed by atoms with Crippen molar-refractivity contribution in [1.29, 1.82) is 0 Å². The fourth-order valence-electron chi connectivity index (χ4n) is 2.80. The molecule has 1 heterocycles. The van der Waals surface area contributed by atoms with Gasteiger partial charge in [-0.3, -0.25) is 4.98 Å². The van der Waals surface area contributed by atoms with Crippen LogP contribution in [0.15, 0.2) is 42.6 Å². The Balaban J connectivity index is 2.18. The summed E-state index contributed by atoms with van der Waals surface area (Å²) < 4.78 is 44.2. The van der Waals surface area contributed by atoms with Gasteiger partial charge < -0.3 is 10.1 Å². The van der Waals surface area contributed by atoms with Gasteiger partial charge in [0, 0.05) is 22.3 Å². The first-order valence-electron chi connectivity index (χ1n) is 8.41. The lowest BCUT2D eigenvalue weighted by atomic mass is 10.1. The van der Waals surface area contributed by atoms with E-state index in [1.54, 1.807) is 26.0 Å². The number of nitrogens with one attached hydrogen (secondary N) is 1. The number of fused-ring (bicyclic) bond motifs is 1. The van der Waals surface area contributed by atoms with Crippen molar-refractivity contribution in [2.24, 2.45) is 0 Å². The average Bonchev–Trinajstić information content (AvgIpc) is 2.64. The molecule has 8 heteroatoms. The minimum atomic E-state index is -4.48. The van der Waals surface area contributed by atoms with Crippen LogP contribution in [0.2, 0.25) is 5.02 Å². The third-order valence-electron chi connectivity index (χ3n) is 4.18. The number of halogens is 4. The van der Waals surface area contributed by atoms with Crippen molar-refractivity contribution in [2.45, 2.75) is 20.0 Å². The van der Waals surface area contributed by atoms with Gasteiger partial charge in [-0.15, -0.1) is 0 Å². The van der Waals surface area contributed by atoms with Crippen LogP contribution in [0.3, 0.4) is 0 Å². The molecule has 0 radical (unpaired) electrons. The number of aryl methyl sites for hydroxylation is 1. The molecule has 0 saturated carbocycles. The minimum absolute atomic E-state index is 0.119. The van der Waals surface area contributed by atoms with Gasteiger partial charge in [0.25, 0.3) is 0 Å². The summed E-state index contributed by atoms with van der Waals surface area (Å²) in [7, 11) is 0. The van der Waals surface area contributed by atoms with Crippen LogP contribution in [0.5, 0.6) is 0 Å². The molecule has 3 aromatic rings. The molecule has 0 amide bonds. The number of rotatable bonds is 4. The highest BCUT2D eigenvalue weighted by molar-refractivity contribution is 6.32. The van der Waals surface area contributed by atoms with Crippen molar-refractivity contribution < 1.29 is 22.7 Å². The number of esters is 1. The molecule has 1 aromatic heterocycles. The van der Waals surface area contributed by atoms with Crippen LogP contribution in [-0.2, 0) is 10.9 Å². The number of ether oxygens (including phenoxy) is 1. The summed E-state index contributed by atoms with van der Waals surface area (Å²) in [6.07, 6.45) is -3.15. The Labute approximate surface area is 164 Å². The first-order chi connectivity index (χ1) is 13.2. The molecule has 0 unspecified atom stereocenters. The topological polar surface area (TPSA) is 51.2 Å². The van der Waals surface area contributed by atoms with E-state index in [2.05, 4.69) is 10.3 Å². The largest absolute Gasteiger partial charge is 0.462 e. The van der Waals surface area contributed by atoms with Crippen molar-refractivity contribution in [3.63, 3.8) is 0 Å². The molecule has 2 aromatic carbocycles. The van der Waals surface area contributed by atoms with Crippen LogP contribution in [0.1, 0.15) is 28.4 Å². The number of anilines is 2. The summed E-state index contributed by atoms with van der Waals surface area (Å²) in [6.45, 7) is 3.59. The number of pyridine rings is 1. The molecule has 4 nitrogen and oxygen atoms in total. The molecule has 0 aliphatic rings. The minimum Gasteiger partial charge on any atom is -0.462 e. The highest BCUT2D eigenvalue weighted by Crippen LogP contribution is 2.35. The van der Waals surface area contributed by atoms with Crippen LogP contribution >= 0.6 is 11.6 Å². The van der Waals surface area contributed by atoms with Gasteiger partial charge in [0.2, 0.25) is 0 Å². The van der Waals surface area contributed by atoms with E-state index in [1.807, 2.05) is 0 Å². The number of carbonyl (C=O) groups is 1. The van der Waals surface area contributed by atoms with Crippen molar-refractivity contribution in [3.8, 4) is 0 Å². The van der Waals surface area contributed by atoms with Crippen molar-refractivity contribution in [1.82, 2.24) is 4.98 Å². The second-order valence-electron chi connectivity index (χ2n) is 6.04. The molecule has 0 saturated heterocycles. The molecule has 0 atom stereocenters. The number of aromatic nitrogens is 1. The van der Waals surface area contributed by atoms with Crippen LogP contribution < -0.4 is 5.32 Å². The summed E-state index contributed by atoms with van der Waals surface area (Å²) in [5, 5.41) is 3.97. The Morgan fingerprint density at radius 3 is 2.68 bits per heavy atom. The number of benzene rings is 2. The molecule has 28 heavy (non-hydrogen) atoms. The predicted molar refractivity (Wildman–Crippen MR) is 102 cm³/mol. The summed E-state index contributed by atoms with van der Waals surface area (Å²) in [4.78, 5) is 16.7. The van der Waals surface area contributed by atoms with E-state index in [1.165, 1.54) is 18.3 Å². The molecule has 1 N–H and O–H groups in total. The fraction of sp³-hybridized carbons (Fsp3) is 0.200. The SMILES string of the molecule is CCOC(=O)c1cnc2c(C)c(Cl)ccc2c1Nc1cccc(C(F)(F)F)c1. The molecule has 0 aliphatic carbocycles. The van der Waals surface area contributed by atoms with E-state index in [9.17, 15) is 18.0 Å². The number of carbonyl (C=O) groups excluding carboxylic acids is 1. The summed E-state index contributed by atoms with van der Waals surface area (Å²) in [6, 6.07) is 8.04. The average molecular weight is 409 g/mol. The van der Waals surface area contributed by atoms with Gasteiger partial charge in [0.05, 0.1) is 23.4 Å². The van der Waals surface area contributed by atoms with Gasteiger partial charge in [-0.1, -0.05) is 17.7 Å². The molecule has 0 spiro atoms. The van der Waals surface area contributed by atoms with Gasteiger partial charge in [-0.05, 0) is 49.7 Å². The lowest BCUT2D eigenvalue weighted by molar-refractivity contribution is -0.137. The van der Waals surface area contributed by atoms with Gasteiger partial charge in [-0.2, -0.15) is 13.2 Å². The molecule has 3 rings (SSSR count). The van der Waals surface area contributed by atoms with Crippen molar-refractivity contribution in [3.05, 3.63) is 64.3 Å². The van der Waals surface area contributed by atoms with Gasteiger partial charge in [0.15, 0.2) is 0 Å². The maximum Gasteiger partial charge on any atom is 0.416 e. The zero-order valence-electron chi connectivity index (χ0n) is 15.0. The number of nitrogens with zero attached hydrogens (tertiary/aromatic N) is 1. The first-order valence-corrected chi connectivity index (χ1v) is 8.79. The number of hydrogen-bond acceptors (Lipinski definition) is 4. The smallest absolute Gasteiger partial charge is 0.416 e. The third-order valence-corrected chi connectivity index (χ3v) is 4.59. The summed E-state index contributed by atoms with van der Waals surface area (Å²) >= 11 is 6.15. The number of hydrogen-bond donors (Lipinski definition) is 1. The summed E-state index contributed by atoms with van der Waals surface area (Å²) in [5.74, 6) is -0.626. The Kier molecular flexibility index (Phi) is 5.47. The van der Waals surface area contributed by atoms with E-state index in [0.717, 1.165) is 12.1 Å².